The molecule has 0 aliphatic carbocycles. The van der Waals surface area contributed by atoms with Crippen LogP contribution in [0, 0.1) is 0 Å². The van der Waals surface area contributed by atoms with E-state index in [0.717, 1.165) is 16.3 Å². The average molecular weight is 241 g/mol. The van der Waals surface area contributed by atoms with Gasteiger partial charge in [0.2, 0.25) is 11.9 Å². The van der Waals surface area contributed by atoms with Gasteiger partial charge in [0, 0.05) is 18.5 Å². The molecule has 0 saturated carbocycles. The number of nitrogen functional groups attached to an aromatic ring is 2. The molecule has 6 heteroatoms. The third-order valence-electron chi connectivity index (χ3n) is 2.92. The summed E-state index contributed by atoms with van der Waals surface area (Å²) in [5.41, 5.74) is 12.9. The minimum atomic E-state index is -0.0562. The lowest BCUT2D eigenvalue weighted by atomic mass is 10.1. The molecule has 3 rings (SSSR count). The number of hydrogen-bond acceptors (Lipinski definition) is 5. The summed E-state index contributed by atoms with van der Waals surface area (Å²) < 4.78 is 1.56. The monoisotopic (exact) mass is 241 g/mol. The maximum Gasteiger partial charge on any atom is 0.227 e. The van der Waals surface area contributed by atoms with Crippen LogP contribution in [-0.4, -0.2) is 20.4 Å². The number of fused-ring (bicyclic) bond motifs is 3. The molecule has 0 radical (unpaired) electrons. The first-order valence-electron chi connectivity index (χ1n) is 5.41. The van der Waals surface area contributed by atoms with Crippen molar-refractivity contribution in [3.05, 3.63) is 24.4 Å². The van der Waals surface area contributed by atoms with E-state index in [-0.39, 0.29) is 11.9 Å². The molecule has 1 aromatic carbocycles. The smallest absolute Gasteiger partial charge is 0.227 e. The Morgan fingerprint density at radius 3 is 2.72 bits per heavy atom. The van der Waals surface area contributed by atoms with E-state index in [1.165, 1.54) is 6.92 Å². The molecule has 4 N–H and O–H groups in total. The molecular weight excluding hydrogens is 230 g/mol. The fourth-order valence-corrected chi connectivity index (χ4v) is 2.17. The number of nitrogens with two attached hydrogens (primary N) is 2. The number of aromatic nitrogens is 3. The van der Waals surface area contributed by atoms with Crippen molar-refractivity contribution >= 4 is 39.5 Å². The SMILES string of the molecule is CC(=O)n1ccc2c3c(N)nc(N)nc3ccc21. The summed E-state index contributed by atoms with van der Waals surface area (Å²) in [5.74, 6) is 0.411. The summed E-state index contributed by atoms with van der Waals surface area (Å²) in [6, 6.07) is 5.44. The zero-order chi connectivity index (χ0) is 12.9. The highest BCUT2D eigenvalue weighted by atomic mass is 16.1. The average Bonchev–Trinajstić information content (AvgIpc) is 2.71. The molecule has 0 amide bonds. The van der Waals surface area contributed by atoms with Gasteiger partial charge in [-0.2, -0.15) is 4.98 Å². The van der Waals surface area contributed by atoms with Crippen LogP contribution in [-0.2, 0) is 0 Å². The molecule has 0 bridgehead atoms. The van der Waals surface area contributed by atoms with Gasteiger partial charge in [0.25, 0.3) is 0 Å². The van der Waals surface area contributed by atoms with Gasteiger partial charge in [-0.25, -0.2) is 4.98 Å². The van der Waals surface area contributed by atoms with E-state index in [2.05, 4.69) is 9.97 Å². The van der Waals surface area contributed by atoms with Gasteiger partial charge in [-0.05, 0) is 18.2 Å². The first-order chi connectivity index (χ1) is 8.58. The highest BCUT2D eigenvalue weighted by Gasteiger charge is 2.11. The molecule has 0 aliphatic rings. The van der Waals surface area contributed by atoms with Crippen molar-refractivity contribution in [1.82, 2.24) is 14.5 Å². The fourth-order valence-electron chi connectivity index (χ4n) is 2.17. The van der Waals surface area contributed by atoms with Crippen LogP contribution in [0.15, 0.2) is 24.4 Å². The van der Waals surface area contributed by atoms with Crippen LogP contribution in [0.4, 0.5) is 11.8 Å². The first-order valence-corrected chi connectivity index (χ1v) is 5.41. The van der Waals surface area contributed by atoms with Gasteiger partial charge in [0.1, 0.15) is 5.82 Å². The minimum absolute atomic E-state index is 0.0562. The molecule has 0 unspecified atom stereocenters. The van der Waals surface area contributed by atoms with Crippen LogP contribution >= 0.6 is 0 Å². The van der Waals surface area contributed by atoms with Gasteiger partial charge in [-0.15, -0.1) is 0 Å². The van der Waals surface area contributed by atoms with E-state index >= 15 is 0 Å². The van der Waals surface area contributed by atoms with Crippen LogP contribution in [0.3, 0.4) is 0 Å². The second kappa shape index (κ2) is 3.43. The molecule has 6 nitrogen and oxygen atoms in total. The van der Waals surface area contributed by atoms with E-state index in [4.69, 9.17) is 11.5 Å². The summed E-state index contributed by atoms with van der Waals surface area (Å²) in [7, 11) is 0. The van der Waals surface area contributed by atoms with E-state index < -0.39 is 0 Å². The van der Waals surface area contributed by atoms with Crippen molar-refractivity contribution in [1.29, 1.82) is 0 Å². The largest absolute Gasteiger partial charge is 0.383 e. The molecule has 2 heterocycles. The molecule has 2 aromatic heterocycles. The van der Waals surface area contributed by atoms with Crippen LogP contribution in [0.5, 0.6) is 0 Å². The fraction of sp³-hybridized carbons (Fsp3) is 0.0833. The number of carbonyl (C=O) groups is 1. The Hall–Kier alpha value is -2.63. The van der Waals surface area contributed by atoms with Gasteiger partial charge in [-0.3, -0.25) is 9.36 Å². The maximum absolute atomic E-state index is 11.5. The number of carbonyl (C=O) groups excluding carboxylic acids is 1. The Morgan fingerprint density at radius 2 is 2.00 bits per heavy atom. The molecule has 0 saturated heterocycles. The third-order valence-corrected chi connectivity index (χ3v) is 2.92. The number of anilines is 2. The van der Waals surface area contributed by atoms with Crippen LogP contribution in [0.2, 0.25) is 0 Å². The molecule has 0 spiro atoms. The van der Waals surface area contributed by atoms with Gasteiger partial charge >= 0.3 is 0 Å². The van der Waals surface area contributed by atoms with Crippen molar-refractivity contribution in [2.24, 2.45) is 0 Å². The summed E-state index contributed by atoms with van der Waals surface area (Å²) in [4.78, 5) is 19.6. The zero-order valence-electron chi connectivity index (χ0n) is 9.71. The highest BCUT2D eigenvalue weighted by molar-refractivity contribution is 6.12. The van der Waals surface area contributed by atoms with Gasteiger partial charge < -0.3 is 11.5 Å². The molecule has 0 atom stereocenters. The molecule has 18 heavy (non-hydrogen) atoms. The van der Waals surface area contributed by atoms with E-state index in [0.29, 0.717) is 11.3 Å². The Balaban J connectivity index is 2.51. The van der Waals surface area contributed by atoms with Gasteiger partial charge in [0.05, 0.1) is 16.4 Å². The van der Waals surface area contributed by atoms with Gasteiger partial charge in [-0.1, -0.05) is 0 Å². The number of benzene rings is 1. The Morgan fingerprint density at radius 1 is 1.22 bits per heavy atom. The Kier molecular flexibility index (Phi) is 2.00. The first kappa shape index (κ1) is 10.5. The maximum atomic E-state index is 11.5. The molecule has 3 aromatic rings. The van der Waals surface area contributed by atoms with Crippen molar-refractivity contribution in [3.8, 4) is 0 Å². The van der Waals surface area contributed by atoms with E-state index in [9.17, 15) is 4.79 Å². The summed E-state index contributed by atoms with van der Waals surface area (Å²) in [5, 5.41) is 1.57. The van der Waals surface area contributed by atoms with Crippen molar-refractivity contribution in [2.45, 2.75) is 6.92 Å². The zero-order valence-corrected chi connectivity index (χ0v) is 9.71. The van der Waals surface area contributed by atoms with Crippen molar-refractivity contribution < 1.29 is 4.79 Å². The van der Waals surface area contributed by atoms with E-state index in [1.54, 1.807) is 16.8 Å². The minimum Gasteiger partial charge on any atom is -0.383 e. The lowest BCUT2D eigenvalue weighted by molar-refractivity contribution is 0.0941. The normalized spacial score (nSPS) is 11.2. The Bertz CT molecular complexity index is 790. The quantitative estimate of drug-likeness (QED) is 0.619. The topological polar surface area (TPSA) is 99.8 Å². The summed E-state index contributed by atoms with van der Waals surface area (Å²) in [6.07, 6.45) is 1.71. The molecule has 90 valence electrons. The third kappa shape index (κ3) is 1.32. The predicted octanol–water partition coefficient (Wildman–Crippen LogP) is 1.41. The van der Waals surface area contributed by atoms with Crippen molar-refractivity contribution in [2.75, 3.05) is 11.5 Å². The lowest BCUT2D eigenvalue weighted by Crippen LogP contribution is -2.04. The number of hydrogen-bond donors (Lipinski definition) is 2. The lowest BCUT2D eigenvalue weighted by Gasteiger charge is -2.05. The van der Waals surface area contributed by atoms with Gasteiger partial charge in [0.15, 0.2) is 0 Å². The highest BCUT2D eigenvalue weighted by Crippen LogP contribution is 2.29. The molecule has 0 aliphatic heterocycles. The van der Waals surface area contributed by atoms with Crippen LogP contribution in [0.25, 0.3) is 21.8 Å². The van der Waals surface area contributed by atoms with Crippen molar-refractivity contribution in [3.63, 3.8) is 0 Å². The van der Waals surface area contributed by atoms with Crippen LogP contribution in [0.1, 0.15) is 11.7 Å². The second-order valence-corrected chi connectivity index (χ2v) is 4.06. The van der Waals surface area contributed by atoms with Crippen LogP contribution < -0.4 is 11.5 Å². The van der Waals surface area contributed by atoms with E-state index in [1.807, 2.05) is 12.1 Å². The standard InChI is InChI=1S/C12H11N5O/c1-6(18)17-5-4-7-9(17)3-2-8-10(7)11(13)16-12(14)15-8/h2-5H,1H3,(H4,13,14,15,16). The number of nitrogens with zero attached hydrogens (tertiary/aromatic N) is 3. The summed E-state index contributed by atoms with van der Waals surface area (Å²) in [6.45, 7) is 1.51. The molecule has 0 fully saturated rings. The Labute approximate surface area is 102 Å². The number of rotatable bonds is 0. The molecular formula is C12H11N5O. The summed E-state index contributed by atoms with van der Waals surface area (Å²) >= 11 is 0. The predicted molar refractivity (Wildman–Crippen MR) is 70.2 cm³/mol. The second-order valence-electron chi connectivity index (χ2n) is 4.06.